The van der Waals surface area contributed by atoms with Crippen LogP contribution in [0.1, 0.15) is 19.3 Å². The molecule has 0 aromatic heterocycles. The fourth-order valence-electron chi connectivity index (χ4n) is 1.72. The first-order valence-corrected chi connectivity index (χ1v) is 4.45. The summed E-state index contributed by atoms with van der Waals surface area (Å²) in [5, 5.41) is 20.4. The van der Waals surface area contributed by atoms with Crippen LogP contribution in [0.2, 0.25) is 0 Å². The number of carbonyl (C=O) groups is 1. The van der Waals surface area contributed by atoms with Gasteiger partial charge in [0.25, 0.3) is 0 Å². The molecule has 5 nitrogen and oxygen atoms in total. The third-order valence-electron chi connectivity index (χ3n) is 2.23. The summed E-state index contributed by atoms with van der Waals surface area (Å²) in [6.07, 6.45) is 1.35. The zero-order chi connectivity index (χ0) is 9.84. The molecule has 0 radical (unpaired) electrons. The fraction of sp³-hybridized carbons (Fsp3) is 0.875. The summed E-state index contributed by atoms with van der Waals surface area (Å²) < 4.78 is 0. The lowest BCUT2D eigenvalue weighted by molar-refractivity contribution is -0.125. The van der Waals surface area contributed by atoms with E-state index in [2.05, 4.69) is 5.32 Å². The Balaban J connectivity index is 2.37. The van der Waals surface area contributed by atoms with Crippen LogP contribution in [0.4, 0.5) is 0 Å². The van der Waals surface area contributed by atoms with Crippen LogP contribution in [0.5, 0.6) is 0 Å². The van der Waals surface area contributed by atoms with Crippen molar-refractivity contribution in [2.24, 2.45) is 5.73 Å². The smallest absolute Gasteiger partial charge is 0.245 e. The number of nitrogens with two attached hydrogens (primary N) is 1. The number of carbonyl (C=O) groups excluding carboxylic acids is 1. The van der Waals surface area contributed by atoms with Crippen molar-refractivity contribution in [2.45, 2.75) is 37.5 Å². The van der Waals surface area contributed by atoms with Crippen LogP contribution in [0, 0.1) is 0 Å². The highest BCUT2D eigenvalue weighted by Crippen LogP contribution is 2.17. The predicted octanol–water partition coefficient (Wildman–Crippen LogP) is -1.66. The van der Waals surface area contributed by atoms with E-state index in [0.717, 1.165) is 0 Å². The number of aliphatic hydroxyl groups is 2. The lowest BCUT2D eigenvalue weighted by atomic mass is 9.89. The summed E-state index contributed by atoms with van der Waals surface area (Å²) in [5.74, 6) is -0.411. The summed E-state index contributed by atoms with van der Waals surface area (Å²) in [4.78, 5) is 10.8. The topological polar surface area (TPSA) is 95.6 Å². The highest BCUT2D eigenvalue weighted by Gasteiger charge is 2.26. The standard InChI is InChI=1S/C8H16N2O3/c9-5-1-6(3-7(12)2-5)10-8(13)4-11/h5-7,11-12H,1-4,9H2,(H,10,13). The molecule has 76 valence electrons. The van der Waals surface area contributed by atoms with Crippen molar-refractivity contribution in [1.29, 1.82) is 0 Å². The Hall–Kier alpha value is -0.650. The molecule has 0 saturated heterocycles. The molecule has 13 heavy (non-hydrogen) atoms. The van der Waals surface area contributed by atoms with Crippen molar-refractivity contribution >= 4 is 5.91 Å². The van der Waals surface area contributed by atoms with Gasteiger partial charge >= 0.3 is 0 Å². The molecule has 0 bridgehead atoms. The fourth-order valence-corrected chi connectivity index (χ4v) is 1.72. The largest absolute Gasteiger partial charge is 0.393 e. The van der Waals surface area contributed by atoms with Crippen LogP contribution < -0.4 is 11.1 Å². The molecule has 0 aromatic rings. The van der Waals surface area contributed by atoms with Crippen LogP contribution in [-0.4, -0.2) is 40.9 Å². The molecular weight excluding hydrogens is 172 g/mol. The summed E-state index contributed by atoms with van der Waals surface area (Å²) in [6.45, 7) is -0.512. The van der Waals surface area contributed by atoms with E-state index < -0.39 is 18.6 Å². The monoisotopic (exact) mass is 188 g/mol. The average molecular weight is 188 g/mol. The highest BCUT2D eigenvalue weighted by atomic mass is 16.3. The normalized spacial score (nSPS) is 34.2. The Bertz CT molecular complexity index is 176. The minimum absolute atomic E-state index is 0.0623. The highest BCUT2D eigenvalue weighted by molar-refractivity contribution is 5.77. The Morgan fingerprint density at radius 1 is 1.46 bits per heavy atom. The van der Waals surface area contributed by atoms with Crippen molar-refractivity contribution in [2.75, 3.05) is 6.61 Å². The molecule has 0 aliphatic heterocycles. The maximum atomic E-state index is 10.8. The van der Waals surface area contributed by atoms with E-state index in [0.29, 0.717) is 19.3 Å². The second-order valence-corrected chi connectivity index (χ2v) is 3.54. The number of hydrogen-bond donors (Lipinski definition) is 4. The Labute approximate surface area is 76.9 Å². The number of amides is 1. The number of rotatable bonds is 2. The Morgan fingerprint density at radius 3 is 2.69 bits per heavy atom. The number of nitrogens with one attached hydrogen (secondary N) is 1. The summed E-state index contributed by atoms with van der Waals surface area (Å²) in [6, 6.07) is -0.161. The van der Waals surface area contributed by atoms with Crippen LogP contribution in [0.15, 0.2) is 0 Å². The van der Waals surface area contributed by atoms with E-state index in [-0.39, 0.29) is 12.1 Å². The predicted molar refractivity (Wildman–Crippen MR) is 46.8 cm³/mol. The van der Waals surface area contributed by atoms with Gasteiger partial charge in [0.1, 0.15) is 6.61 Å². The van der Waals surface area contributed by atoms with Gasteiger partial charge in [0.15, 0.2) is 0 Å². The molecule has 1 fully saturated rings. The van der Waals surface area contributed by atoms with Crippen molar-refractivity contribution in [3.05, 3.63) is 0 Å². The van der Waals surface area contributed by atoms with Crippen molar-refractivity contribution < 1.29 is 15.0 Å². The van der Waals surface area contributed by atoms with Gasteiger partial charge in [-0.15, -0.1) is 0 Å². The molecule has 1 aliphatic rings. The van der Waals surface area contributed by atoms with E-state index in [9.17, 15) is 9.90 Å². The van der Waals surface area contributed by atoms with Gasteiger partial charge in [-0.25, -0.2) is 0 Å². The van der Waals surface area contributed by atoms with Gasteiger partial charge in [-0.05, 0) is 19.3 Å². The van der Waals surface area contributed by atoms with Crippen LogP contribution in [0.3, 0.4) is 0 Å². The molecule has 5 N–H and O–H groups in total. The molecule has 3 unspecified atom stereocenters. The molecule has 0 spiro atoms. The number of aliphatic hydroxyl groups excluding tert-OH is 2. The van der Waals surface area contributed by atoms with Crippen LogP contribution >= 0.6 is 0 Å². The SMILES string of the molecule is NC1CC(O)CC(NC(=O)CO)C1. The molecule has 3 atom stereocenters. The molecular formula is C8H16N2O3. The lowest BCUT2D eigenvalue weighted by Crippen LogP contribution is -2.47. The van der Waals surface area contributed by atoms with Crippen LogP contribution in [0.25, 0.3) is 0 Å². The van der Waals surface area contributed by atoms with Gasteiger partial charge in [-0.2, -0.15) is 0 Å². The van der Waals surface area contributed by atoms with Gasteiger partial charge in [0.2, 0.25) is 5.91 Å². The van der Waals surface area contributed by atoms with E-state index >= 15 is 0 Å². The zero-order valence-electron chi connectivity index (χ0n) is 7.44. The van der Waals surface area contributed by atoms with Gasteiger partial charge in [-0.1, -0.05) is 0 Å². The second kappa shape index (κ2) is 4.55. The molecule has 5 heteroatoms. The number of hydrogen-bond acceptors (Lipinski definition) is 4. The maximum Gasteiger partial charge on any atom is 0.245 e. The lowest BCUT2D eigenvalue weighted by Gasteiger charge is -2.30. The van der Waals surface area contributed by atoms with Gasteiger partial charge in [-0.3, -0.25) is 4.79 Å². The third kappa shape index (κ3) is 3.30. The first kappa shape index (κ1) is 10.4. The molecule has 0 aromatic carbocycles. The van der Waals surface area contributed by atoms with Gasteiger partial charge in [0.05, 0.1) is 6.10 Å². The van der Waals surface area contributed by atoms with E-state index in [4.69, 9.17) is 10.8 Å². The minimum Gasteiger partial charge on any atom is -0.393 e. The zero-order valence-corrected chi connectivity index (χ0v) is 7.44. The van der Waals surface area contributed by atoms with Crippen LogP contribution in [-0.2, 0) is 4.79 Å². The first-order valence-electron chi connectivity index (χ1n) is 4.45. The van der Waals surface area contributed by atoms with Crippen molar-refractivity contribution in [3.63, 3.8) is 0 Å². The van der Waals surface area contributed by atoms with E-state index in [1.54, 1.807) is 0 Å². The first-order chi connectivity index (χ1) is 6.11. The molecule has 0 heterocycles. The van der Waals surface area contributed by atoms with E-state index in [1.165, 1.54) is 0 Å². The molecule has 1 saturated carbocycles. The quantitative estimate of drug-likeness (QED) is 0.417. The van der Waals surface area contributed by atoms with Crippen molar-refractivity contribution in [1.82, 2.24) is 5.32 Å². The molecule has 1 aliphatic carbocycles. The molecule has 1 amide bonds. The summed E-state index contributed by atoms with van der Waals surface area (Å²) >= 11 is 0. The van der Waals surface area contributed by atoms with Gasteiger partial charge in [0, 0.05) is 12.1 Å². The van der Waals surface area contributed by atoms with Crippen molar-refractivity contribution in [3.8, 4) is 0 Å². The third-order valence-corrected chi connectivity index (χ3v) is 2.23. The average Bonchev–Trinajstić information content (AvgIpc) is 2.02. The summed E-state index contributed by atoms with van der Waals surface area (Å²) in [7, 11) is 0. The van der Waals surface area contributed by atoms with E-state index in [1.807, 2.05) is 0 Å². The summed E-state index contributed by atoms with van der Waals surface area (Å²) in [5.41, 5.74) is 5.66. The Kier molecular flexibility index (Phi) is 3.65. The minimum atomic E-state index is -0.512. The second-order valence-electron chi connectivity index (χ2n) is 3.54. The Morgan fingerprint density at radius 2 is 2.15 bits per heavy atom. The molecule has 1 rings (SSSR count). The maximum absolute atomic E-state index is 10.8. The van der Waals surface area contributed by atoms with Gasteiger partial charge < -0.3 is 21.3 Å².